The zero-order valence-corrected chi connectivity index (χ0v) is 12.4. The van der Waals surface area contributed by atoms with E-state index >= 15 is 0 Å². The lowest BCUT2D eigenvalue weighted by Crippen LogP contribution is -2.13. The minimum absolute atomic E-state index is 0.417. The van der Waals surface area contributed by atoms with Crippen LogP contribution in [-0.4, -0.2) is 26.6 Å². The van der Waals surface area contributed by atoms with E-state index in [1.54, 1.807) is 18.2 Å². The first-order valence-corrected chi connectivity index (χ1v) is 6.86. The maximum absolute atomic E-state index is 11.3. The molecule has 0 aliphatic rings. The van der Waals surface area contributed by atoms with E-state index in [4.69, 9.17) is 10.5 Å². The fraction of sp³-hybridized carbons (Fsp3) is 0.235. The SMILES string of the molecule is CN(C)c1ccc(CCOc2ccccc2C(N)=O)cc1. The Kier molecular flexibility index (Phi) is 4.82. The van der Waals surface area contributed by atoms with Crippen molar-refractivity contribution in [3.8, 4) is 5.75 Å². The Hall–Kier alpha value is -2.49. The van der Waals surface area contributed by atoms with Crippen LogP contribution in [0.3, 0.4) is 0 Å². The number of hydrogen-bond donors (Lipinski definition) is 1. The fourth-order valence-corrected chi connectivity index (χ4v) is 2.04. The van der Waals surface area contributed by atoms with E-state index in [1.165, 1.54) is 11.3 Å². The van der Waals surface area contributed by atoms with E-state index in [2.05, 4.69) is 29.2 Å². The summed E-state index contributed by atoms with van der Waals surface area (Å²) in [6.45, 7) is 0.506. The lowest BCUT2D eigenvalue weighted by molar-refractivity contribution is 0.0996. The second kappa shape index (κ2) is 6.79. The zero-order chi connectivity index (χ0) is 15.2. The van der Waals surface area contributed by atoms with Gasteiger partial charge in [-0.2, -0.15) is 0 Å². The van der Waals surface area contributed by atoms with Gasteiger partial charge in [-0.3, -0.25) is 4.79 Å². The van der Waals surface area contributed by atoms with Crippen molar-refractivity contribution in [3.05, 3.63) is 59.7 Å². The third-order valence-electron chi connectivity index (χ3n) is 3.25. The van der Waals surface area contributed by atoms with Crippen LogP contribution in [0.15, 0.2) is 48.5 Å². The summed E-state index contributed by atoms with van der Waals surface area (Å²) in [6, 6.07) is 15.3. The molecule has 0 saturated carbocycles. The molecule has 0 radical (unpaired) electrons. The first-order chi connectivity index (χ1) is 10.1. The lowest BCUT2D eigenvalue weighted by Gasteiger charge is -2.13. The van der Waals surface area contributed by atoms with Crippen molar-refractivity contribution in [2.24, 2.45) is 5.73 Å². The number of nitrogens with zero attached hydrogens (tertiary/aromatic N) is 1. The molecule has 0 bridgehead atoms. The van der Waals surface area contributed by atoms with Gasteiger partial charge in [-0.05, 0) is 29.8 Å². The molecule has 0 saturated heterocycles. The Morgan fingerprint density at radius 1 is 1.10 bits per heavy atom. The molecular formula is C17H20N2O2. The van der Waals surface area contributed by atoms with Gasteiger partial charge < -0.3 is 15.4 Å². The highest BCUT2D eigenvalue weighted by atomic mass is 16.5. The van der Waals surface area contributed by atoms with Crippen molar-refractivity contribution in [2.75, 3.05) is 25.6 Å². The highest BCUT2D eigenvalue weighted by Gasteiger charge is 2.07. The number of anilines is 1. The molecule has 0 aliphatic heterocycles. The molecule has 0 aliphatic carbocycles. The van der Waals surface area contributed by atoms with Crippen molar-refractivity contribution in [1.82, 2.24) is 0 Å². The Morgan fingerprint density at radius 2 is 1.76 bits per heavy atom. The molecule has 4 heteroatoms. The number of hydrogen-bond acceptors (Lipinski definition) is 3. The van der Waals surface area contributed by atoms with Gasteiger partial charge >= 0.3 is 0 Å². The highest BCUT2D eigenvalue weighted by Crippen LogP contribution is 2.18. The van der Waals surface area contributed by atoms with Crippen LogP contribution in [0.25, 0.3) is 0 Å². The van der Waals surface area contributed by atoms with Crippen molar-refractivity contribution < 1.29 is 9.53 Å². The van der Waals surface area contributed by atoms with Crippen LogP contribution in [0.5, 0.6) is 5.75 Å². The summed E-state index contributed by atoms with van der Waals surface area (Å²) in [5.41, 5.74) is 8.09. The van der Waals surface area contributed by atoms with Gasteiger partial charge in [0.1, 0.15) is 5.75 Å². The van der Waals surface area contributed by atoms with E-state index < -0.39 is 5.91 Å². The molecule has 0 fully saturated rings. The number of primary amides is 1. The van der Waals surface area contributed by atoms with E-state index in [0.717, 1.165) is 6.42 Å². The number of para-hydroxylation sites is 1. The zero-order valence-electron chi connectivity index (χ0n) is 12.4. The lowest BCUT2D eigenvalue weighted by atomic mass is 10.1. The number of ether oxygens (including phenoxy) is 1. The van der Waals surface area contributed by atoms with Gasteiger partial charge in [0.15, 0.2) is 0 Å². The molecule has 0 spiro atoms. The molecule has 2 aromatic rings. The molecule has 2 N–H and O–H groups in total. The molecule has 21 heavy (non-hydrogen) atoms. The Balaban J connectivity index is 1.94. The van der Waals surface area contributed by atoms with E-state index in [1.807, 2.05) is 20.2 Å². The number of carbonyl (C=O) groups excluding carboxylic acids is 1. The molecule has 0 aromatic heterocycles. The van der Waals surface area contributed by atoms with Gasteiger partial charge in [-0.15, -0.1) is 0 Å². The van der Waals surface area contributed by atoms with Crippen LogP contribution < -0.4 is 15.4 Å². The third-order valence-corrected chi connectivity index (χ3v) is 3.25. The van der Waals surface area contributed by atoms with Gasteiger partial charge in [0.05, 0.1) is 12.2 Å². The fourth-order valence-electron chi connectivity index (χ4n) is 2.04. The molecule has 110 valence electrons. The van der Waals surface area contributed by atoms with E-state index in [-0.39, 0.29) is 0 Å². The van der Waals surface area contributed by atoms with E-state index in [9.17, 15) is 4.79 Å². The molecule has 1 amide bonds. The van der Waals surface area contributed by atoms with Crippen LogP contribution in [0.4, 0.5) is 5.69 Å². The molecular weight excluding hydrogens is 264 g/mol. The maximum atomic E-state index is 11.3. The number of nitrogens with two attached hydrogens (primary N) is 1. The van der Waals surface area contributed by atoms with Gasteiger partial charge in [-0.25, -0.2) is 0 Å². The first kappa shape index (κ1) is 14.9. The van der Waals surface area contributed by atoms with Crippen molar-refractivity contribution >= 4 is 11.6 Å². The predicted molar refractivity (Wildman–Crippen MR) is 84.9 cm³/mol. The van der Waals surface area contributed by atoms with Crippen molar-refractivity contribution in [1.29, 1.82) is 0 Å². The summed E-state index contributed by atoms with van der Waals surface area (Å²) < 4.78 is 5.67. The predicted octanol–water partition coefficient (Wildman–Crippen LogP) is 2.47. The van der Waals surface area contributed by atoms with Crippen LogP contribution >= 0.6 is 0 Å². The van der Waals surface area contributed by atoms with Crippen LogP contribution in [0, 0.1) is 0 Å². The summed E-state index contributed by atoms with van der Waals surface area (Å²) in [6.07, 6.45) is 0.779. The average Bonchev–Trinajstić information content (AvgIpc) is 2.48. The summed E-state index contributed by atoms with van der Waals surface area (Å²) in [5, 5.41) is 0. The molecule has 0 atom stereocenters. The summed E-state index contributed by atoms with van der Waals surface area (Å²) in [7, 11) is 4.03. The van der Waals surface area contributed by atoms with Gasteiger partial charge in [0, 0.05) is 26.2 Å². The number of amides is 1. The Morgan fingerprint density at radius 3 is 2.38 bits per heavy atom. The van der Waals surface area contributed by atoms with Crippen molar-refractivity contribution in [2.45, 2.75) is 6.42 Å². The first-order valence-electron chi connectivity index (χ1n) is 6.86. The summed E-state index contributed by atoms with van der Waals surface area (Å²) >= 11 is 0. The molecule has 0 heterocycles. The Bertz CT molecular complexity index is 606. The van der Waals surface area contributed by atoms with Crippen LogP contribution in [0.1, 0.15) is 15.9 Å². The quantitative estimate of drug-likeness (QED) is 0.886. The molecule has 2 aromatic carbocycles. The largest absolute Gasteiger partial charge is 0.492 e. The smallest absolute Gasteiger partial charge is 0.252 e. The molecule has 2 rings (SSSR count). The van der Waals surface area contributed by atoms with E-state index in [0.29, 0.717) is 17.9 Å². The van der Waals surface area contributed by atoms with Crippen LogP contribution in [0.2, 0.25) is 0 Å². The standard InChI is InChI=1S/C17H20N2O2/c1-19(2)14-9-7-13(8-10-14)11-12-21-16-6-4-3-5-15(16)17(18)20/h3-10H,11-12H2,1-2H3,(H2,18,20). The van der Waals surface area contributed by atoms with Gasteiger partial charge in [0.25, 0.3) is 5.91 Å². The highest BCUT2D eigenvalue weighted by molar-refractivity contribution is 5.95. The second-order valence-electron chi connectivity index (χ2n) is 5.02. The molecule has 4 nitrogen and oxygen atoms in total. The van der Waals surface area contributed by atoms with Crippen molar-refractivity contribution in [3.63, 3.8) is 0 Å². The summed E-state index contributed by atoms with van der Waals surface area (Å²) in [5.74, 6) is 0.0656. The average molecular weight is 284 g/mol. The monoisotopic (exact) mass is 284 g/mol. The van der Waals surface area contributed by atoms with Gasteiger partial charge in [0.2, 0.25) is 0 Å². The normalized spacial score (nSPS) is 10.2. The number of rotatable bonds is 6. The van der Waals surface area contributed by atoms with Gasteiger partial charge in [-0.1, -0.05) is 24.3 Å². The minimum Gasteiger partial charge on any atom is -0.492 e. The Labute approximate surface area is 125 Å². The number of benzene rings is 2. The third kappa shape index (κ3) is 3.99. The maximum Gasteiger partial charge on any atom is 0.252 e. The van der Waals surface area contributed by atoms with Crippen LogP contribution in [-0.2, 0) is 6.42 Å². The summed E-state index contributed by atoms with van der Waals surface area (Å²) in [4.78, 5) is 13.4. The molecule has 0 unspecified atom stereocenters. The second-order valence-corrected chi connectivity index (χ2v) is 5.02. The number of carbonyl (C=O) groups is 1. The minimum atomic E-state index is -0.471. The topological polar surface area (TPSA) is 55.6 Å².